The first-order valence-electron chi connectivity index (χ1n) is 10.8. The summed E-state index contributed by atoms with van der Waals surface area (Å²) >= 11 is 0. The van der Waals surface area contributed by atoms with Crippen molar-refractivity contribution in [1.29, 1.82) is 0 Å². The van der Waals surface area contributed by atoms with Gasteiger partial charge in [0.05, 0.1) is 19.7 Å². The standard InChI is InChI=1S/C14H18N3Si.C10H8N3.Ir/c1-10(2)12-8-16-13-11-6-5-7-15-14(11)18(3,4)9-17(12)13;1-2-8-9(11-4-1)3-6-13-7-5-12-10(8)13;/h5,7-8,10H,9H2,1-4H3;1,4-5,7H,3,6H2;/q2*-1;. The minimum Gasteiger partial charge on any atom is -0.371 e. The molecule has 0 spiro atoms. The van der Waals surface area contributed by atoms with Crippen molar-refractivity contribution in [2.24, 2.45) is 0 Å². The summed E-state index contributed by atoms with van der Waals surface area (Å²) in [6, 6.07) is 10.3. The maximum atomic E-state index is 4.60. The Kier molecular flexibility index (Phi) is 6.30. The van der Waals surface area contributed by atoms with E-state index in [-0.39, 0.29) is 20.1 Å². The zero-order chi connectivity index (χ0) is 21.6. The zero-order valence-corrected chi connectivity index (χ0v) is 22.2. The summed E-state index contributed by atoms with van der Waals surface area (Å²) in [5, 5.41) is 1.25. The SMILES string of the molecule is CC(C)c1cnc2n1C[Si](C)(C)c1ncc[c-]c1-2.[Ir].[c-]1ccnc2c1-c1nccn1CC2. The Morgan fingerprint density at radius 3 is 2.47 bits per heavy atom. The third kappa shape index (κ3) is 3.91. The Labute approximate surface area is 203 Å². The molecule has 0 aliphatic carbocycles. The van der Waals surface area contributed by atoms with Crippen LogP contribution in [0.3, 0.4) is 0 Å². The quantitative estimate of drug-likeness (QED) is 0.242. The van der Waals surface area contributed by atoms with E-state index in [0.717, 1.165) is 47.6 Å². The third-order valence-corrected chi connectivity index (χ3v) is 8.76. The average Bonchev–Trinajstić information content (AvgIpc) is 3.41. The Morgan fingerprint density at radius 2 is 1.69 bits per heavy atom. The van der Waals surface area contributed by atoms with Gasteiger partial charge in [0.1, 0.15) is 0 Å². The molecule has 4 aromatic rings. The number of aryl methyl sites for hydroxylation is 2. The van der Waals surface area contributed by atoms with E-state index in [9.17, 15) is 0 Å². The summed E-state index contributed by atoms with van der Waals surface area (Å²) in [5.41, 5.74) is 4.61. The Morgan fingerprint density at radius 1 is 0.938 bits per heavy atom. The van der Waals surface area contributed by atoms with Gasteiger partial charge >= 0.3 is 0 Å². The van der Waals surface area contributed by atoms with Crippen LogP contribution >= 0.6 is 0 Å². The van der Waals surface area contributed by atoms with Crippen LogP contribution in [-0.2, 0) is 39.2 Å². The third-order valence-electron chi connectivity index (χ3n) is 5.99. The number of hydrogen-bond donors (Lipinski definition) is 0. The number of rotatable bonds is 1. The average molecular weight is 619 g/mol. The molecule has 0 bridgehead atoms. The molecule has 1 radical (unpaired) electrons. The number of fused-ring (bicyclic) bond motifs is 6. The van der Waals surface area contributed by atoms with Crippen molar-refractivity contribution in [2.45, 2.75) is 52.0 Å². The van der Waals surface area contributed by atoms with E-state index < -0.39 is 8.07 Å². The predicted molar refractivity (Wildman–Crippen MR) is 123 cm³/mol. The Bertz CT molecular complexity index is 1240. The second kappa shape index (κ2) is 8.85. The normalized spacial score (nSPS) is 14.8. The molecule has 0 unspecified atom stereocenters. The fourth-order valence-corrected chi connectivity index (χ4v) is 7.01. The van der Waals surface area contributed by atoms with Crippen molar-refractivity contribution >= 4 is 13.4 Å². The maximum absolute atomic E-state index is 4.60. The monoisotopic (exact) mass is 619 g/mol. The number of aromatic nitrogens is 6. The Balaban J connectivity index is 0.000000155. The van der Waals surface area contributed by atoms with Gasteiger partial charge in [0, 0.05) is 57.1 Å². The van der Waals surface area contributed by atoms with E-state index in [1.54, 1.807) is 6.20 Å². The first-order valence-corrected chi connectivity index (χ1v) is 14.0. The van der Waals surface area contributed by atoms with Gasteiger partial charge in [-0.3, -0.25) is 9.97 Å². The first-order chi connectivity index (χ1) is 15.0. The molecule has 2 aliphatic rings. The summed E-state index contributed by atoms with van der Waals surface area (Å²) in [7, 11) is -1.52. The van der Waals surface area contributed by atoms with E-state index in [4.69, 9.17) is 0 Å². The van der Waals surface area contributed by atoms with Gasteiger partial charge in [-0.2, -0.15) is 0 Å². The van der Waals surface area contributed by atoms with Crippen LogP contribution in [0, 0.1) is 12.1 Å². The topological polar surface area (TPSA) is 61.4 Å². The van der Waals surface area contributed by atoms with Gasteiger partial charge in [-0.25, -0.2) is 0 Å². The summed E-state index contributed by atoms with van der Waals surface area (Å²) in [6.45, 7) is 10.2. The van der Waals surface area contributed by atoms with Gasteiger partial charge in [-0.05, 0) is 23.3 Å². The molecule has 0 aromatic carbocycles. The van der Waals surface area contributed by atoms with Gasteiger partial charge < -0.3 is 19.1 Å². The molecule has 6 heterocycles. The van der Waals surface area contributed by atoms with Crippen LogP contribution < -0.4 is 5.32 Å². The molecule has 0 saturated heterocycles. The molecule has 32 heavy (non-hydrogen) atoms. The summed E-state index contributed by atoms with van der Waals surface area (Å²) < 4.78 is 4.53. The number of nitrogens with zero attached hydrogens (tertiary/aromatic N) is 6. The second-order valence-corrected chi connectivity index (χ2v) is 13.6. The van der Waals surface area contributed by atoms with Gasteiger partial charge in [-0.1, -0.05) is 50.5 Å². The van der Waals surface area contributed by atoms with Gasteiger partial charge in [-0.15, -0.1) is 24.3 Å². The molecule has 0 N–H and O–H groups in total. The molecule has 6 rings (SSSR count). The summed E-state index contributed by atoms with van der Waals surface area (Å²) in [6.07, 6.45) is 11.5. The predicted octanol–water partition coefficient (Wildman–Crippen LogP) is 3.64. The minimum absolute atomic E-state index is 0. The molecule has 0 fully saturated rings. The van der Waals surface area contributed by atoms with Crippen molar-refractivity contribution in [3.05, 3.63) is 66.6 Å². The van der Waals surface area contributed by atoms with Crippen LogP contribution in [0.2, 0.25) is 13.1 Å². The second-order valence-electron chi connectivity index (χ2n) is 9.05. The van der Waals surface area contributed by atoms with Crippen LogP contribution in [0.25, 0.3) is 22.8 Å². The van der Waals surface area contributed by atoms with Crippen molar-refractivity contribution < 1.29 is 20.1 Å². The van der Waals surface area contributed by atoms with Crippen molar-refractivity contribution in [1.82, 2.24) is 29.1 Å². The van der Waals surface area contributed by atoms with Gasteiger partial charge in [0.25, 0.3) is 0 Å². The number of pyridine rings is 2. The van der Waals surface area contributed by atoms with Crippen molar-refractivity contribution in [2.75, 3.05) is 0 Å². The molecule has 0 atom stereocenters. The van der Waals surface area contributed by atoms with Crippen LogP contribution in [0.4, 0.5) is 0 Å². The van der Waals surface area contributed by atoms with E-state index >= 15 is 0 Å². The van der Waals surface area contributed by atoms with Crippen LogP contribution in [0.15, 0.2) is 43.1 Å². The minimum atomic E-state index is -1.52. The first kappa shape index (κ1) is 22.8. The van der Waals surface area contributed by atoms with Crippen LogP contribution in [0.1, 0.15) is 31.2 Å². The summed E-state index contributed by atoms with van der Waals surface area (Å²) in [5.74, 6) is 2.55. The fraction of sp³-hybridized carbons (Fsp3) is 0.333. The van der Waals surface area contributed by atoms with E-state index in [0.29, 0.717) is 5.92 Å². The Hall–Kier alpha value is -2.41. The molecule has 0 saturated carbocycles. The van der Waals surface area contributed by atoms with E-state index in [2.05, 4.69) is 68.1 Å². The maximum Gasteiger partial charge on any atom is 0.0768 e. The smallest absolute Gasteiger partial charge is 0.0768 e. The van der Waals surface area contributed by atoms with Crippen molar-refractivity contribution in [3.63, 3.8) is 0 Å². The summed E-state index contributed by atoms with van der Waals surface area (Å²) in [4.78, 5) is 17.8. The largest absolute Gasteiger partial charge is 0.371 e. The molecule has 0 amide bonds. The molecular formula is C24H26IrN6Si-2. The number of imidazole rings is 2. The zero-order valence-electron chi connectivity index (χ0n) is 18.8. The molecule has 6 nitrogen and oxygen atoms in total. The molecular weight excluding hydrogens is 593 g/mol. The van der Waals surface area contributed by atoms with Crippen molar-refractivity contribution in [3.8, 4) is 22.8 Å². The van der Waals surface area contributed by atoms with E-state index in [1.807, 2.05) is 36.9 Å². The molecule has 167 valence electrons. The molecule has 2 aliphatic heterocycles. The van der Waals surface area contributed by atoms with Crippen LogP contribution in [-0.4, -0.2) is 37.1 Å². The van der Waals surface area contributed by atoms with Crippen LogP contribution in [0.5, 0.6) is 0 Å². The molecule has 8 heteroatoms. The van der Waals surface area contributed by atoms with Gasteiger partial charge in [0.2, 0.25) is 0 Å². The fourth-order valence-electron chi connectivity index (χ4n) is 4.46. The van der Waals surface area contributed by atoms with E-state index in [1.165, 1.54) is 11.0 Å². The number of hydrogen-bond acceptors (Lipinski definition) is 4. The molecule has 4 aromatic heterocycles. The van der Waals surface area contributed by atoms with Gasteiger partial charge in [0.15, 0.2) is 0 Å².